The first-order valence-electron chi connectivity index (χ1n) is 8.41. The van der Waals surface area contributed by atoms with Crippen LogP contribution in [0.1, 0.15) is 17.3 Å². The molecule has 0 unspecified atom stereocenters. The lowest BCUT2D eigenvalue weighted by atomic mass is 10.2. The molecule has 0 radical (unpaired) electrons. The number of nitrogens with one attached hydrogen (secondary N) is 1. The Hall–Kier alpha value is -3.47. The zero-order chi connectivity index (χ0) is 21.6. The minimum atomic E-state index is -3.92. The van der Waals surface area contributed by atoms with Gasteiger partial charge >= 0.3 is 5.97 Å². The van der Waals surface area contributed by atoms with Crippen LogP contribution in [0.25, 0.3) is 0 Å². The third-order valence-electron chi connectivity index (χ3n) is 3.71. The standard InChI is InChI=1S/C18H19N3O7S/c1-3-28-18(23)15-9-4-5-10-16(15)19-17(22)12-20(29(2,26)27)13-7-6-8-14(11-13)21(24)25/h4-11H,3,12H2,1-2H3,(H,19,22). The lowest BCUT2D eigenvalue weighted by Gasteiger charge is -2.22. The van der Waals surface area contributed by atoms with Gasteiger partial charge in [0, 0.05) is 12.1 Å². The first-order chi connectivity index (χ1) is 13.6. The number of carbonyl (C=O) groups excluding carboxylic acids is 2. The summed E-state index contributed by atoms with van der Waals surface area (Å²) in [6, 6.07) is 11.0. The van der Waals surface area contributed by atoms with Gasteiger partial charge in [-0.3, -0.25) is 19.2 Å². The van der Waals surface area contributed by atoms with E-state index in [1.165, 1.54) is 30.3 Å². The molecule has 154 valence electrons. The second-order valence-electron chi connectivity index (χ2n) is 5.86. The van der Waals surface area contributed by atoms with Crippen LogP contribution in [-0.4, -0.2) is 44.6 Å². The number of hydrogen-bond acceptors (Lipinski definition) is 7. The van der Waals surface area contributed by atoms with Crippen molar-refractivity contribution in [1.82, 2.24) is 0 Å². The van der Waals surface area contributed by atoms with Gasteiger partial charge in [-0.2, -0.15) is 0 Å². The summed E-state index contributed by atoms with van der Waals surface area (Å²) in [5.74, 6) is -1.37. The Morgan fingerprint density at radius 2 is 1.86 bits per heavy atom. The van der Waals surface area contributed by atoms with E-state index in [4.69, 9.17) is 4.74 Å². The Labute approximate surface area is 167 Å². The predicted octanol–water partition coefficient (Wildman–Crippen LogP) is 2.18. The van der Waals surface area contributed by atoms with Crippen LogP contribution in [0.2, 0.25) is 0 Å². The minimum Gasteiger partial charge on any atom is -0.462 e. The summed E-state index contributed by atoms with van der Waals surface area (Å²) in [5, 5.41) is 13.4. The van der Waals surface area contributed by atoms with E-state index in [9.17, 15) is 28.1 Å². The van der Waals surface area contributed by atoms with Gasteiger partial charge in [0.25, 0.3) is 5.69 Å². The number of amides is 1. The van der Waals surface area contributed by atoms with Crippen LogP contribution < -0.4 is 9.62 Å². The summed E-state index contributed by atoms with van der Waals surface area (Å²) in [6.45, 7) is 1.15. The molecule has 1 N–H and O–H groups in total. The molecule has 11 heteroatoms. The number of anilines is 2. The molecule has 0 atom stereocenters. The van der Waals surface area contributed by atoms with Crippen LogP contribution in [0.3, 0.4) is 0 Å². The van der Waals surface area contributed by atoms with E-state index in [0.717, 1.165) is 16.6 Å². The predicted molar refractivity (Wildman–Crippen MR) is 106 cm³/mol. The quantitative estimate of drug-likeness (QED) is 0.392. The fourth-order valence-electron chi connectivity index (χ4n) is 2.46. The maximum atomic E-state index is 12.5. The maximum Gasteiger partial charge on any atom is 0.340 e. The highest BCUT2D eigenvalue weighted by Crippen LogP contribution is 2.23. The van der Waals surface area contributed by atoms with Gasteiger partial charge < -0.3 is 10.1 Å². The number of benzene rings is 2. The Balaban J connectivity index is 2.28. The molecule has 0 heterocycles. The Bertz CT molecular complexity index is 1040. The number of rotatable bonds is 8. The molecule has 0 bridgehead atoms. The molecular weight excluding hydrogens is 402 g/mol. The van der Waals surface area contributed by atoms with E-state index in [-0.39, 0.29) is 29.2 Å². The minimum absolute atomic E-state index is 0.0319. The average molecular weight is 421 g/mol. The van der Waals surface area contributed by atoms with Crippen molar-refractivity contribution in [3.63, 3.8) is 0 Å². The van der Waals surface area contributed by atoms with Crippen molar-refractivity contribution in [2.45, 2.75) is 6.92 Å². The van der Waals surface area contributed by atoms with Gasteiger partial charge in [-0.15, -0.1) is 0 Å². The van der Waals surface area contributed by atoms with Crippen molar-refractivity contribution < 1.29 is 27.7 Å². The zero-order valence-corrected chi connectivity index (χ0v) is 16.5. The lowest BCUT2D eigenvalue weighted by molar-refractivity contribution is -0.384. The molecule has 2 aromatic rings. The van der Waals surface area contributed by atoms with Crippen LogP contribution in [-0.2, 0) is 19.6 Å². The number of sulfonamides is 1. The third kappa shape index (κ3) is 5.75. The molecule has 2 rings (SSSR count). The largest absolute Gasteiger partial charge is 0.462 e. The Morgan fingerprint density at radius 1 is 1.17 bits per heavy atom. The SMILES string of the molecule is CCOC(=O)c1ccccc1NC(=O)CN(c1cccc([N+](=O)[O-])c1)S(C)(=O)=O. The van der Waals surface area contributed by atoms with Gasteiger partial charge in [-0.05, 0) is 25.1 Å². The highest BCUT2D eigenvalue weighted by Gasteiger charge is 2.23. The maximum absolute atomic E-state index is 12.5. The molecule has 10 nitrogen and oxygen atoms in total. The molecule has 29 heavy (non-hydrogen) atoms. The number of carbonyl (C=O) groups is 2. The molecule has 0 aliphatic heterocycles. The summed E-state index contributed by atoms with van der Waals surface area (Å²) in [7, 11) is -3.92. The molecule has 0 saturated heterocycles. The van der Waals surface area contributed by atoms with Gasteiger partial charge in [-0.25, -0.2) is 13.2 Å². The molecule has 1 amide bonds. The van der Waals surface area contributed by atoms with Crippen molar-refractivity contribution in [1.29, 1.82) is 0 Å². The molecule has 0 aliphatic rings. The fourth-order valence-corrected chi connectivity index (χ4v) is 3.31. The topological polar surface area (TPSA) is 136 Å². The van der Waals surface area contributed by atoms with Crippen LogP contribution in [0, 0.1) is 10.1 Å². The first-order valence-corrected chi connectivity index (χ1v) is 10.3. The molecule has 2 aromatic carbocycles. The molecule has 0 fully saturated rings. The van der Waals surface area contributed by atoms with Gasteiger partial charge in [0.15, 0.2) is 0 Å². The zero-order valence-electron chi connectivity index (χ0n) is 15.7. The van der Waals surface area contributed by atoms with Gasteiger partial charge in [0.05, 0.1) is 34.7 Å². The number of esters is 1. The van der Waals surface area contributed by atoms with Crippen molar-refractivity contribution in [3.8, 4) is 0 Å². The number of nitro groups is 1. The average Bonchev–Trinajstić information content (AvgIpc) is 2.66. The number of nitrogens with zero attached hydrogens (tertiary/aromatic N) is 2. The molecular formula is C18H19N3O7S. The number of ether oxygens (including phenoxy) is 1. The third-order valence-corrected chi connectivity index (χ3v) is 4.85. The van der Waals surface area contributed by atoms with Gasteiger partial charge in [0.2, 0.25) is 15.9 Å². The molecule has 0 aromatic heterocycles. The molecule has 0 spiro atoms. The highest BCUT2D eigenvalue weighted by atomic mass is 32.2. The van der Waals surface area contributed by atoms with E-state index in [1.807, 2.05) is 0 Å². The summed E-state index contributed by atoms with van der Waals surface area (Å²) in [6.07, 6.45) is 0.881. The second-order valence-corrected chi connectivity index (χ2v) is 7.77. The van der Waals surface area contributed by atoms with Gasteiger partial charge in [0.1, 0.15) is 6.54 Å². The van der Waals surface area contributed by atoms with Crippen molar-refractivity contribution in [2.75, 3.05) is 29.0 Å². The summed E-state index contributed by atoms with van der Waals surface area (Å²) < 4.78 is 30.0. The number of para-hydroxylation sites is 1. The lowest BCUT2D eigenvalue weighted by Crippen LogP contribution is -2.37. The van der Waals surface area contributed by atoms with E-state index in [2.05, 4.69) is 5.32 Å². The summed E-state index contributed by atoms with van der Waals surface area (Å²) >= 11 is 0. The van der Waals surface area contributed by atoms with Crippen LogP contribution in [0.5, 0.6) is 0 Å². The number of non-ortho nitro benzene ring substituents is 1. The number of hydrogen-bond donors (Lipinski definition) is 1. The molecule has 0 saturated carbocycles. The summed E-state index contributed by atoms with van der Waals surface area (Å²) in [4.78, 5) is 34.8. The smallest absolute Gasteiger partial charge is 0.340 e. The Morgan fingerprint density at radius 3 is 2.48 bits per heavy atom. The van der Waals surface area contributed by atoms with E-state index < -0.39 is 33.4 Å². The van der Waals surface area contributed by atoms with Crippen LogP contribution in [0.4, 0.5) is 17.1 Å². The van der Waals surface area contributed by atoms with Crippen LogP contribution >= 0.6 is 0 Å². The van der Waals surface area contributed by atoms with E-state index in [0.29, 0.717) is 0 Å². The Kier molecular flexibility index (Phi) is 6.89. The van der Waals surface area contributed by atoms with E-state index >= 15 is 0 Å². The highest BCUT2D eigenvalue weighted by molar-refractivity contribution is 7.92. The summed E-state index contributed by atoms with van der Waals surface area (Å²) in [5.41, 5.74) is -0.0767. The monoisotopic (exact) mass is 421 g/mol. The van der Waals surface area contributed by atoms with Crippen molar-refractivity contribution >= 4 is 39.0 Å². The first kappa shape index (κ1) is 21.8. The normalized spacial score (nSPS) is 10.8. The molecule has 0 aliphatic carbocycles. The van der Waals surface area contributed by atoms with Crippen LogP contribution in [0.15, 0.2) is 48.5 Å². The van der Waals surface area contributed by atoms with Gasteiger partial charge in [-0.1, -0.05) is 18.2 Å². The van der Waals surface area contributed by atoms with Crippen molar-refractivity contribution in [2.24, 2.45) is 0 Å². The van der Waals surface area contributed by atoms with Crippen molar-refractivity contribution in [3.05, 3.63) is 64.2 Å². The van der Waals surface area contributed by atoms with E-state index in [1.54, 1.807) is 19.1 Å². The fraction of sp³-hybridized carbons (Fsp3) is 0.222. The number of nitro benzene ring substituents is 1. The second kappa shape index (κ2) is 9.15.